The lowest BCUT2D eigenvalue weighted by atomic mass is 10.0. The predicted octanol–water partition coefficient (Wildman–Crippen LogP) is 3.04. The summed E-state index contributed by atoms with van der Waals surface area (Å²) < 4.78 is 0. The number of pyridine rings is 1. The first kappa shape index (κ1) is 11.6. The number of anilines is 1. The molecule has 0 aliphatic rings. The lowest BCUT2D eigenvalue weighted by Crippen LogP contribution is -1.99. The minimum absolute atomic E-state index is 0.845. The second-order valence-electron chi connectivity index (χ2n) is 4.35. The minimum atomic E-state index is 0.845. The number of fused-ring (bicyclic) bond motifs is 1. The van der Waals surface area contributed by atoms with E-state index < -0.39 is 0 Å². The van der Waals surface area contributed by atoms with Crippen LogP contribution in [-0.4, -0.2) is 22.0 Å². The van der Waals surface area contributed by atoms with E-state index >= 15 is 0 Å². The predicted molar refractivity (Wildman–Crippen MR) is 77.1 cm³/mol. The van der Waals surface area contributed by atoms with Crippen molar-refractivity contribution in [1.29, 1.82) is 0 Å². The summed E-state index contributed by atoms with van der Waals surface area (Å²) >= 11 is 0. The summed E-state index contributed by atoms with van der Waals surface area (Å²) in [6, 6.07) is 8.19. The van der Waals surface area contributed by atoms with E-state index in [0.29, 0.717) is 0 Å². The molecular formula is C15H14N4. The molecule has 0 atom stereocenters. The number of nitrogens with zero attached hydrogens (tertiary/aromatic N) is 3. The molecule has 4 nitrogen and oxygen atoms in total. The van der Waals surface area contributed by atoms with E-state index in [9.17, 15) is 0 Å². The van der Waals surface area contributed by atoms with Crippen molar-refractivity contribution in [1.82, 2.24) is 15.0 Å². The van der Waals surface area contributed by atoms with E-state index in [2.05, 4.69) is 32.4 Å². The first-order valence-corrected chi connectivity index (χ1v) is 6.13. The van der Waals surface area contributed by atoms with E-state index in [1.165, 1.54) is 0 Å². The van der Waals surface area contributed by atoms with Crippen molar-refractivity contribution in [2.45, 2.75) is 6.92 Å². The second kappa shape index (κ2) is 4.65. The summed E-state index contributed by atoms with van der Waals surface area (Å²) in [5.74, 6) is 0.845. The topological polar surface area (TPSA) is 50.7 Å². The van der Waals surface area contributed by atoms with Crippen LogP contribution in [0.2, 0.25) is 0 Å². The molecule has 4 heteroatoms. The zero-order valence-electron chi connectivity index (χ0n) is 10.9. The van der Waals surface area contributed by atoms with Gasteiger partial charge >= 0.3 is 0 Å². The maximum Gasteiger partial charge on any atom is 0.132 e. The van der Waals surface area contributed by atoms with Crippen LogP contribution in [0.1, 0.15) is 5.56 Å². The Morgan fingerprint density at radius 3 is 2.74 bits per heavy atom. The summed E-state index contributed by atoms with van der Waals surface area (Å²) in [6.45, 7) is 2.02. The van der Waals surface area contributed by atoms with Gasteiger partial charge in [-0.1, -0.05) is 24.3 Å². The van der Waals surface area contributed by atoms with Gasteiger partial charge in [0.2, 0.25) is 0 Å². The number of hydrogen-bond donors (Lipinski definition) is 1. The molecule has 0 amide bonds. The van der Waals surface area contributed by atoms with Crippen LogP contribution >= 0.6 is 0 Å². The van der Waals surface area contributed by atoms with Crippen LogP contribution in [0.4, 0.5) is 5.82 Å². The fourth-order valence-corrected chi connectivity index (χ4v) is 2.28. The lowest BCUT2D eigenvalue weighted by Gasteiger charge is -2.10. The van der Waals surface area contributed by atoms with Crippen molar-refractivity contribution >= 4 is 16.6 Å². The van der Waals surface area contributed by atoms with Crippen LogP contribution in [-0.2, 0) is 0 Å². The molecule has 2 heterocycles. The molecule has 0 spiro atoms. The molecular weight excluding hydrogens is 236 g/mol. The molecule has 1 aromatic carbocycles. The van der Waals surface area contributed by atoms with E-state index in [1.54, 1.807) is 6.33 Å². The lowest BCUT2D eigenvalue weighted by molar-refractivity contribution is 1.13. The maximum absolute atomic E-state index is 4.42. The van der Waals surface area contributed by atoms with Gasteiger partial charge in [-0.05, 0) is 12.3 Å². The van der Waals surface area contributed by atoms with Crippen LogP contribution < -0.4 is 5.32 Å². The van der Waals surface area contributed by atoms with Gasteiger partial charge in [-0.15, -0.1) is 0 Å². The highest BCUT2D eigenvalue weighted by Crippen LogP contribution is 2.29. The van der Waals surface area contributed by atoms with Crippen molar-refractivity contribution in [3.05, 3.63) is 48.5 Å². The molecule has 0 unspecified atom stereocenters. The van der Waals surface area contributed by atoms with Crippen LogP contribution in [0.5, 0.6) is 0 Å². The first-order chi connectivity index (χ1) is 9.31. The SMILES string of the molecule is CNc1ncnc(-c2cncc3ccccc23)c1C. The Morgan fingerprint density at radius 2 is 1.89 bits per heavy atom. The highest BCUT2D eigenvalue weighted by Gasteiger charge is 2.11. The smallest absolute Gasteiger partial charge is 0.132 e. The molecule has 0 bridgehead atoms. The minimum Gasteiger partial charge on any atom is -0.373 e. The molecule has 0 radical (unpaired) electrons. The summed E-state index contributed by atoms with van der Waals surface area (Å²) in [7, 11) is 1.86. The fourth-order valence-electron chi connectivity index (χ4n) is 2.28. The van der Waals surface area contributed by atoms with Gasteiger partial charge in [0.25, 0.3) is 0 Å². The third-order valence-electron chi connectivity index (χ3n) is 3.24. The Morgan fingerprint density at radius 1 is 1.05 bits per heavy atom. The van der Waals surface area contributed by atoms with Gasteiger partial charge in [0, 0.05) is 36.0 Å². The van der Waals surface area contributed by atoms with Crippen molar-refractivity contribution in [3.8, 4) is 11.3 Å². The number of aromatic nitrogens is 3. The Kier molecular flexibility index (Phi) is 2.83. The van der Waals surface area contributed by atoms with Crippen molar-refractivity contribution in [2.24, 2.45) is 0 Å². The maximum atomic E-state index is 4.42. The fraction of sp³-hybridized carbons (Fsp3) is 0.133. The van der Waals surface area contributed by atoms with Crippen LogP contribution in [0.3, 0.4) is 0 Å². The molecule has 2 aromatic heterocycles. The Balaban J connectivity index is 2.31. The largest absolute Gasteiger partial charge is 0.373 e. The molecule has 3 rings (SSSR count). The van der Waals surface area contributed by atoms with Crippen molar-refractivity contribution in [2.75, 3.05) is 12.4 Å². The van der Waals surface area contributed by atoms with Gasteiger partial charge < -0.3 is 5.32 Å². The van der Waals surface area contributed by atoms with Crippen LogP contribution in [0, 0.1) is 6.92 Å². The van der Waals surface area contributed by atoms with Gasteiger partial charge in [-0.2, -0.15) is 0 Å². The van der Waals surface area contributed by atoms with E-state index in [4.69, 9.17) is 0 Å². The summed E-state index contributed by atoms with van der Waals surface area (Å²) in [4.78, 5) is 12.9. The van der Waals surface area contributed by atoms with Gasteiger partial charge in [0.1, 0.15) is 12.1 Å². The van der Waals surface area contributed by atoms with E-state index in [-0.39, 0.29) is 0 Å². The number of rotatable bonds is 2. The monoisotopic (exact) mass is 250 g/mol. The van der Waals surface area contributed by atoms with E-state index in [1.807, 2.05) is 38.5 Å². The second-order valence-corrected chi connectivity index (χ2v) is 4.35. The summed E-state index contributed by atoms with van der Waals surface area (Å²) in [5, 5.41) is 5.35. The summed E-state index contributed by atoms with van der Waals surface area (Å²) in [5.41, 5.74) is 2.99. The van der Waals surface area contributed by atoms with Gasteiger partial charge in [-0.25, -0.2) is 9.97 Å². The Labute approximate surface area is 111 Å². The van der Waals surface area contributed by atoms with Gasteiger partial charge in [0.05, 0.1) is 5.69 Å². The quantitative estimate of drug-likeness (QED) is 0.759. The molecule has 3 aromatic rings. The average Bonchev–Trinajstić information content (AvgIpc) is 2.47. The molecule has 0 fully saturated rings. The van der Waals surface area contributed by atoms with E-state index in [0.717, 1.165) is 33.4 Å². The number of hydrogen-bond acceptors (Lipinski definition) is 4. The molecule has 0 aliphatic heterocycles. The highest BCUT2D eigenvalue weighted by molar-refractivity contribution is 5.95. The third kappa shape index (κ3) is 1.91. The molecule has 1 N–H and O–H groups in total. The number of benzene rings is 1. The average molecular weight is 250 g/mol. The molecule has 0 aliphatic carbocycles. The Hall–Kier alpha value is -2.49. The highest BCUT2D eigenvalue weighted by atomic mass is 15.0. The molecule has 94 valence electrons. The summed E-state index contributed by atoms with van der Waals surface area (Å²) in [6.07, 6.45) is 5.31. The van der Waals surface area contributed by atoms with Gasteiger partial charge in [0.15, 0.2) is 0 Å². The zero-order chi connectivity index (χ0) is 13.2. The molecule has 0 saturated heterocycles. The molecule has 0 saturated carbocycles. The zero-order valence-corrected chi connectivity index (χ0v) is 10.9. The Bertz CT molecular complexity index is 732. The first-order valence-electron chi connectivity index (χ1n) is 6.13. The number of nitrogens with one attached hydrogen (secondary N) is 1. The standard InChI is InChI=1S/C15H14N4/c1-10-14(18-9-19-15(10)16-2)13-8-17-7-11-5-3-4-6-12(11)13/h3-9H,1-2H3,(H,16,18,19). The normalized spacial score (nSPS) is 10.6. The van der Waals surface area contributed by atoms with Gasteiger partial charge in [-0.3, -0.25) is 4.98 Å². The van der Waals surface area contributed by atoms with Crippen molar-refractivity contribution < 1.29 is 0 Å². The molecule has 19 heavy (non-hydrogen) atoms. The van der Waals surface area contributed by atoms with Crippen LogP contribution in [0.25, 0.3) is 22.0 Å². The third-order valence-corrected chi connectivity index (χ3v) is 3.24. The van der Waals surface area contributed by atoms with Crippen molar-refractivity contribution in [3.63, 3.8) is 0 Å². The van der Waals surface area contributed by atoms with Crippen LogP contribution in [0.15, 0.2) is 43.0 Å².